The van der Waals surface area contributed by atoms with E-state index < -0.39 is 29.2 Å². The van der Waals surface area contributed by atoms with Gasteiger partial charge in [-0.05, 0) is 30.1 Å². The van der Waals surface area contributed by atoms with Crippen molar-refractivity contribution in [2.75, 3.05) is 37.9 Å². The number of halogens is 2. The summed E-state index contributed by atoms with van der Waals surface area (Å²) in [5, 5.41) is 27.9. The summed E-state index contributed by atoms with van der Waals surface area (Å²) >= 11 is 15.5. The number of aromatic nitrogens is 5. The first-order valence-electron chi connectivity index (χ1n) is 10.6. The number of hydrogen-bond donors (Lipinski definition) is 2. The molecule has 0 aromatic carbocycles. The van der Waals surface area contributed by atoms with Crippen molar-refractivity contribution in [3.05, 3.63) is 26.8 Å². The van der Waals surface area contributed by atoms with Gasteiger partial charge in [-0.25, -0.2) is 9.67 Å². The van der Waals surface area contributed by atoms with E-state index in [4.69, 9.17) is 28.9 Å². The zero-order chi connectivity index (χ0) is 26.9. The van der Waals surface area contributed by atoms with Crippen molar-refractivity contribution in [3.8, 4) is 0 Å². The van der Waals surface area contributed by atoms with Crippen LogP contribution in [0.2, 0.25) is 0 Å². The molecule has 198 valence electrons. The molecular weight excluding hydrogens is 608 g/mol. The van der Waals surface area contributed by atoms with Crippen LogP contribution in [0, 0.1) is 0 Å². The van der Waals surface area contributed by atoms with Gasteiger partial charge in [0.1, 0.15) is 15.9 Å². The predicted octanol–water partition coefficient (Wildman–Crippen LogP) is -3.38. The van der Waals surface area contributed by atoms with E-state index in [0.717, 1.165) is 22.8 Å². The van der Waals surface area contributed by atoms with Crippen LogP contribution in [-0.2, 0) is 20.9 Å². The van der Waals surface area contributed by atoms with E-state index >= 15 is 0 Å². The summed E-state index contributed by atoms with van der Waals surface area (Å²) in [6.07, 6.45) is 0. The molecule has 4 heterocycles. The number of amides is 2. The van der Waals surface area contributed by atoms with E-state index in [1.54, 1.807) is 4.68 Å². The summed E-state index contributed by atoms with van der Waals surface area (Å²) in [6, 6.07) is -0.988. The number of tetrazole rings is 1. The van der Waals surface area contributed by atoms with Gasteiger partial charge in [0.05, 0.1) is 29.5 Å². The molecule has 2 aromatic rings. The van der Waals surface area contributed by atoms with Crippen LogP contribution >= 0.6 is 58.1 Å². The Kier molecular flexibility index (Phi) is 10.9. The Morgan fingerprint density at radius 3 is 2.71 bits per heavy atom. The van der Waals surface area contributed by atoms with Gasteiger partial charge in [-0.3, -0.25) is 14.5 Å². The van der Waals surface area contributed by atoms with Gasteiger partial charge >= 0.3 is 29.6 Å². The molecule has 13 nitrogen and oxygen atoms in total. The normalized spacial score (nSPS) is 18.6. The number of carbonyl (C=O) groups is 3. The van der Waals surface area contributed by atoms with Crippen molar-refractivity contribution in [2.45, 2.75) is 23.1 Å². The number of carboxylic acids is 1. The smallest absolute Gasteiger partial charge is 0.543 e. The van der Waals surface area contributed by atoms with Crippen LogP contribution in [0.4, 0.5) is 5.13 Å². The molecule has 4 rings (SSSR count). The SMILES string of the molecule is CN(C)CCn1nnnc1SCC1=C(C(=O)[O-])N2C(=O)C(NC(=O)C(=C(Cl)Cl)c3csc(N)n3)[C@H]2SC1.[Na+]. The number of aliphatic carboxylic acids is 1. The molecular formula is C19H20Cl2N9NaO4S3. The summed E-state index contributed by atoms with van der Waals surface area (Å²) < 4.78 is 1.29. The fraction of sp³-hybridized carbons (Fsp3) is 0.421. The number of carboxylic acid groups (broad SMARTS) is 1. The van der Waals surface area contributed by atoms with Gasteiger partial charge in [-0.1, -0.05) is 35.0 Å². The molecule has 38 heavy (non-hydrogen) atoms. The first-order chi connectivity index (χ1) is 17.6. The van der Waals surface area contributed by atoms with Gasteiger partial charge in [-0.2, -0.15) is 0 Å². The minimum absolute atomic E-state index is 0. The maximum atomic E-state index is 13.0. The number of fused-ring (bicyclic) bond motifs is 1. The number of anilines is 1. The number of nitrogens with zero attached hydrogens (tertiary/aromatic N) is 7. The first-order valence-corrected chi connectivity index (χ1v) is 14.2. The molecule has 2 aliphatic heterocycles. The molecule has 0 radical (unpaired) electrons. The molecule has 1 fully saturated rings. The number of nitrogens with two attached hydrogens (primary N) is 1. The molecule has 1 unspecified atom stereocenters. The second kappa shape index (κ2) is 13.3. The van der Waals surface area contributed by atoms with Crippen LogP contribution in [0.15, 0.2) is 26.3 Å². The molecule has 0 spiro atoms. The van der Waals surface area contributed by atoms with Crippen LogP contribution in [0.5, 0.6) is 0 Å². The fourth-order valence-corrected chi connectivity index (χ4v) is 6.89. The molecule has 1 saturated heterocycles. The van der Waals surface area contributed by atoms with E-state index in [1.807, 2.05) is 19.0 Å². The minimum Gasteiger partial charge on any atom is -0.543 e. The maximum Gasteiger partial charge on any atom is 1.00 e. The van der Waals surface area contributed by atoms with Gasteiger partial charge in [-0.15, -0.1) is 28.2 Å². The topological polar surface area (TPSA) is 175 Å². The number of thiazole rings is 1. The second-order valence-electron chi connectivity index (χ2n) is 8.08. The van der Waals surface area contributed by atoms with Crippen LogP contribution in [0.1, 0.15) is 5.69 Å². The fourth-order valence-electron chi connectivity index (χ4n) is 3.58. The van der Waals surface area contributed by atoms with Crippen molar-refractivity contribution < 1.29 is 49.0 Å². The van der Waals surface area contributed by atoms with E-state index in [9.17, 15) is 19.5 Å². The van der Waals surface area contributed by atoms with Gasteiger partial charge in [0.15, 0.2) is 5.13 Å². The Morgan fingerprint density at radius 1 is 1.37 bits per heavy atom. The monoisotopic (exact) mass is 627 g/mol. The number of β-lactam (4-membered cyclic amide) rings is 1. The third-order valence-corrected chi connectivity index (χ3v) is 8.79. The first kappa shape index (κ1) is 31.2. The molecule has 0 bridgehead atoms. The van der Waals surface area contributed by atoms with Gasteiger partial charge in [0.2, 0.25) is 5.16 Å². The summed E-state index contributed by atoms with van der Waals surface area (Å²) in [7, 11) is 3.86. The zero-order valence-electron chi connectivity index (χ0n) is 20.4. The molecule has 19 heteroatoms. The summed E-state index contributed by atoms with van der Waals surface area (Å²) in [5.74, 6) is -2.25. The number of nitrogen functional groups attached to an aromatic ring is 1. The van der Waals surface area contributed by atoms with Crippen LogP contribution < -0.4 is 45.7 Å². The molecule has 2 atom stereocenters. The molecule has 2 aliphatic rings. The van der Waals surface area contributed by atoms with Crippen molar-refractivity contribution in [3.63, 3.8) is 0 Å². The number of nitrogens with one attached hydrogen (secondary N) is 1. The summed E-state index contributed by atoms with van der Waals surface area (Å²) in [4.78, 5) is 45.0. The van der Waals surface area contributed by atoms with Crippen molar-refractivity contribution in [2.24, 2.45) is 0 Å². The minimum atomic E-state index is -1.48. The second-order valence-corrected chi connectivity index (χ2v) is 12.0. The number of carbonyl (C=O) groups excluding carboxylic acids is 3. The van der Waals surface area contributed by atoms with Crippen molar-refractivity contribution in [1.29, 1.82) is 0 Å². The van der Waals surface area contributed by atoms with Crippen molar-refractivity contribution >= 4 is 86.6 Å². The molecule has 0 aliphatic carbocycles. The maximum absolute atomic E-state index is 13.0. The average Bonchev–Trinajstić information content (AvgIpc) is 3.47. The van der Waals surface area contributed by atoms with Crippen LogP contribution in [-0.4, -0.2) is 96.3 Å². The number of hydrogen-bond acceptors (Lipinski definition) is 13. The Morgan fingerprint density at radius 2 is 2.11 bits per heavy atom. The number of rotatable bonds is 10. The Bertz CT molecular complexity index is 1300. The van der Waals surface area contributed by atoms with Gasteiger partial charge in [0, 0.05) is 23.4 Å². The Hall–Kier alpha value is -1.37. The average molecular weight is 629 g/mol. The van der Waals surface area contributed by atoms with E-state index in [2.05, 4.69) is 25.8 Å². The standard InChI is InChI=1S/C19H21Cl2N9O4S3.Na/c1-28(2)3-4-29-19(25-26-27-29)37-6-8-5-35-16-11(15(32)30(16)12(8)17(33)34)24-14(31)10(13(20)21)9-7-36-18(22)23-9;/h7,11,16H,3-6H2,1-2H3,(H2,22,23)(H,24,31)(H,33,34);/q;+1/p-1/t11?,16-;/m1./s1. The summed E-state index contributed by atoms with van der Waals surface area (Å²) in [6.45, 7) is 1.29. The number of likely N-dealkylation sites (N-methyl/N-ethyl adjacent to an activating group) is 1. The predicted molar refractivity (Wildman–Crippen MR) is 139 cm³/mol. The number of thioether (sulfide) groups is 2. The quantitative estimate of drug-likeness (QED) is 0.116. The largest absolute Gasteiger partial charge is 1.00 e. The van der Waals surface area contributed by atoms with E-state index in [1.165, 1.54) is 28.9 Å². The van der Waals surface area contributed by atoms with E-state index in [0.29, 0.717) is 23.0 Å². The van der Waals surface area contributed by atoms with E-state index in [-0.39, 0.29) is 61.9 Å². The molecule has 2 aromatic heterocycles. The van der Waals surface area contributed by atoms with Crippen molar-refractivity contribution in [1.82, 2.24) is 40.3 Å². The van der Waals surface area contributed by atoms with Crippen LogP contribution in [0.3, 0.4) is 0 Å². The van der Waals surface area contributed by atoms with Gasteiger partial charge in [0.25, 0.3) is 11.8 Å². The molecule has 2 amide bonds. The Labute approximate surface area is 261 Å². The third kappa shape index (κ3) is 6.67. The van der Waals surface area contributed by atoms with Gasteiger partial charge < -0.3 is 25.9 Å². The zero-order valence-corrected chi connectivity index (χ0v) is 26.3. The van der Waals surface area contributed by atoms with Crippen LogP contribution in [0.25, 0.3) is 5.57 Å². The summed E-state index contributed by atoms with van der Waals surface area (Å²) in [5.41, 5.74) is 5.95. The molecule has 0 saturated carbocycles. The third-order valence-electron chi connectivity index (χ3n) is 5.35. The Balaban J connectivity index is 0.00000400. The molecule has 3 N–H and O–H groups in total.